The molecule has 210 valence electrons. The van der Waals surface area contributed by atoms with Crippen LogP contribution in [0.1, 0.15) is 48.2 Å². The Morgan fingerprint density at radius 2 is 1.68 bits per heavy atom. The minimum atomic E-state index is -0.735. The molecule has 0 aliphatic carbocycles. The van der Waals surface area contributed by atoms with E-state index in [9.17, 15) is 14.4 Å². The number of rotatable bonds is 5. The number of hydrogen-bond donors (Lipinski definition) is 2. The number of carbonyl (C=O) groups is 3. The van der Waals surface area contributed by atoms with Crippen LogP contribution < -0.4 is 5.32 Å². The first kappa shape index (κ1) is 27.0. The Morgan fingerprint density at radius 1 is 0.951 bits per heavy atom. The maximum Gasteiger partial charge on any atom is 0.272 e. The number of nitrogens with one attached hydrogen (secondary N) is 2. The monoisotopic (exact) mass is 569 g/mol. The van der Waals surface area contributed by atoms with Crippen molar-refractivity contribution >= 4 is 40.2 Å². The van der Waals surface area contributed by atoms with Gasteiger partial charge in [0.25, 0.3) is 11.8 Å². The van der Waals surface area contributed by atoms with Crippen LogP contribution in [-0.4, -0.2) is 68.7 Å². The highest BCUT2D eigenvalue weighted by Crippen LogP contribution is 2.34. The fourth-order valence-corrected chi connectivity index (χ4v) is 6.07. The first-order valence-corrected chi connectivity index (χ1v) is 14.2. The Hall–Kier alpha value is -4.17. The minimum Gasteiger partial charge on any atom is -0.350 e. The van der Waals surface area contributed by atoms with Crippen molar-refractivity contribution in [1.82, 2.24) is 25.1 Å². The molecule has 2 N–H and O–H groups in total. The second-order valence-electron chi connectivity index (χ2n) is 12.0. The van der Waals surface area contributed by atoms with E-state index >= 15 is 0 Å². The first-order valence-electron chi connectivity index (χ1n) is 13.8. The summed E-state index contributed by atoms with van der Waals surface area (Å²) < 4.78 is 0. The fraction of sp³-hybridized carbons (Fsp3) is 0.312. The average molecular weight is 570 g/mol. The molecule has 2 bridgehead atoms. The lowest BCUT2D eigenvalue weighted by Gasteiger charge is -2.39. The molecule has 2 aromatic carbocycles. The van der Waals surface area contributed by atoms with E-state index in [2.05, 4.69) is 15.3 Å². The molecule has 9 heteroatoms. The van der Waals surface area contributed by atoms with E-state index < -0.39 is 11.5 Å². The van der Waals surface area contributed by atoms with E-state index in [-0.39, 0.29) is 29.8 Å². The summed E-state index contributed by atoms with van der Waals surface area (Å²) in [6.07, 6.45) is 2.44. The van der Waals surface area contributed by atoms with Gasteiger partial charge in [-0.3, -0.25) is 19.4 Å². The van der Waals surface area contributed by atoms with E-state index in [4.69, 9.17) is 11.6 Å². The van der Waals surface area contributed by atoms with Crippen LogP contribution in [0.5, 0.6) is 0 Å². The quantitative estimate of drug-likeness (QED) is 0.347. The molecule has 2 aromatic heterocycles. The molecule has 0 unspecified atom stereocenters. The topological polar surface area (TPSA) is 98.4 Å². The lowest BCUT2D eigenvalue weighted by Crippen LogP contribution is -2.59. The molecule has 3 atom stereocenters. The number of carbonyl (C=O) groups excluding carboxylic acids is 3. The highest BCUT2D eigenvalue weighted by Gasteiger charge is 2.50. The number of amides is 3. The molecule has 41 heavy (non-hydrogen) atoms. The molecule has 4 heterocycles. The van der Waals surface area contributed by atoms with Crippen molar-refractivity contribution in [2.45, 2.75) is 45.3 Å². The van der Waals surface area contributed by atoms with Crippen LogP contribution in [0, 0.1) is 5.41 Å². The highest BCUT2D eigenvalue weighted by molar-refractivity contribution is 6.31. The van der Waals surface area contributed by atoms with Gasteiger partial charge >= 0.3 is 0 Å². The summed E-state index contributed by atoms with van der Waals surface area (Å²) in [5.74, 6) is -0.601. The molecule has 0 radical (unpaired) electrons. The first-order chi connectivity index (χ1) is 19.6. The number of aromatic amines is 1. The molecule has 2 aliphatic heterocycles. The van der Waals surface area contributed by atoms with E-state index in [0.29, 0.717) is 35.9 Å². The van der Waals surface area contributed by atoms with Gasteiger partial charge in [-0.25, -0.2) is 0 Å². The summed E-state index contributed by atoms with van der Waals surface area (Å²) in [7, 11) is 0. The van der Waals surface area contributed by atoms with Gasteiger partial charge in [0.15, 0.2) is 0 Å². The van der Waals surface area contributed by atoms with Crippen LogP contribution in [0.4, 0.5) is 0 Å². The standard InChI is InChI=1S/C32H32ClN5O3/c1-32(2,3)28(36-29(39)27-13-20-9-11-22(33)14-26(20)35-27)31(41)38-18-23-15-24(38)17-37(23)30(40)25-12-10-21(16-34-25)19-7-5-4-6-8-19/h4-14,16,23-24,28,35H,15,17-18H2,1-3H3,(H,36,39)/t23-,24-,28+/m0/s1. The third-order valence-electron chi connectivity index (χ3n) is 8.09. The van der Waals surface area contributed by atoms with Crippen molar-refractivity contribution in [2.75, 3.05) is 13.1 Å². The van der Waals surface area contributed by atoms with Crippen molar-refractivity contribution in [3.63, 3.8) is 0 Å². The Labute approximate surface area is 243 Å². The van der Waals surface area contributed by atoms with E-state index in [1.807, 2.05) is 73.0 Å². The Balaban J connectivity index is 1.13. The number of hydrogen-bond acceptors (Lipinski definition) is 4. The highest BCUT2D eigenvalue weighted by atomic mass is 35.5. The second-order valence-corrected chi connectivity index (χ2v) is 12.4. The largest absolute Gasteiger partial charge is 0.350 e. The molecule has 3 amide bonds. The maximum atomic E-state index is 13.9. The molecule has 6 rings (SSSR count). The fourth-order valence-electron chi connectivity index (χ4n) is 5.90. The molecular weight excluding hydrogens is 538 g/mol. The second kappa shape index (κ2) is 10.3. The molecule has 2 aliphatic rings. The molecule has 8 nitrogen and oxygen atoms in total. The SMILES string of the molecule is CC(C)(C)[C@H](NC(=O)c1cc2ccc(Cl)cc2[nH]1)C(=O)N1C[C@@H]2C[C@H]1CN2C(=O)c1ccc(-c2ccccc2)cn1. The number of halogens is 1. The van der Waals surface area contributed by atoms with Gasteiger partial charge in [-0.2, -0.15) is 0 Å². The van der Waals surface area contributed by atoms with Gasteiger partial charge in [-0.05, 0) is 41.7 Å². The van der Waals surface area contributed by atoms with E-state index in [1.54, 1.807) is 30.5 Å². The van der Waals surface area contributed by atoms with Crippen LogP contribution in [0.25, 0.3) is 22.0 Å². The lowest BCUT2D eigenvalue weighted by atomic mass is 9.85. The maximum absolute atomic E-state index is 13.9. The third-order valence-corrected chi connectivity index (χ3v) is 8.33. The summed E-state index contributed by atoms with van der Waals surface area (Å²) in [5.41, 5.74) is 3.00. The molecule has 2 saturated heterocycles. The van der Waals surface area contributed by atoms with Gasteiger partial charge in [-0.1, -0.05) is 74.8 Å². The van der Waals surface area contributed by atoms with Crippen LogP contribution in [0.2, 0.25) is 5.02 Å². The Kier molecular flexibility index (Phi) is 6.82. The zero-order chi connectivity index (χ0) is 28.9. The van der Waals surface area contributed by atoms with Gasteiger partial charge in [-0.15, -0.1) is 0 Å². The number of aromatic nitrogens is 2. The summed E-state index contributed by atoms with van der Waals surface area (Å²) in [4.78, 5) is 51.7. The summed E-state index contributed by atoms with van der Waals surface area (Å²) in [6, 6.07) is 19.8. The molecule has 0 saturated carbocycles. The molecule has 2 fully saturated rings. The van der Waals surface area contributed by atoms with Crippen molar-refractivity contribution in [1.29, 1.82) is 0 Å². The lowest BCUT2D eigenvalue weighted by molar-refractivity contribution is -0.138. The number of pyridine rings is 1. The van der Waals surface area contributed by atoms with Crippen LogP contribution in [0.15, 0.2) is 72.9 Å². The summed E-state index contributed by atoms with van der Waals surface area (Å²) >= 11 is 6.09. The van der Waals surface area contributed by atoms with Gasteiger partial charge in [0, 0.05) is 40.8 Å². The number of likely N-dealkylation sites (tertiary alicyclic amines) is 2. The average Bonchev–Trinajstić information content (AvgIpc) is 3.69. The van der Waals surface area contributed by atoms with Crippen molar-refractivity contribution in [3.8, 4) is 11.1 Å². The third kappa shape index (κ3) is 5.20. The Bertz CT molecular complexity index is 1630. The Morgan fingerprint density at radius 3 is 2.34 bits per heavy atom. The van der Waals surface area contributed by atoms with Gasteiger partial charge in [0.05, 0.1) is 12.1 Å². The summed E-state index contributed by atoms with van der Waals surface area (Å²) in [5, 5.41) is 4.42. The van der Waals surface area contributed by atoms with Gasteiger partial charge < -0.3 is 20.1 Å². The number of piperazine rings is 1. The van der Waals surface area contributed by atoms with Crippen molar-refractivity contribution in [2.24, 2.45) is 5.41 Å². The zero-order valence-corrected chi connectivity index (χ0v) is 24.0. The van der Waals surface area contributed by atoms with Crippen LogP contribution in [0.3, 0.4) is 0 Å². The minimum absolute atomic E-state index is 0.0816. The van der Waals surface area contributed by atoms with E-state index in [1.165, 1.54) is 0 Å². The number of H-pyrrole nitrogens is 1. The molecule has 0 spiro atoms. The van der Waals surface area contributed by atoms with Crippen LogP contribution in [-0.2, 0) is 4.79 Å². The number of benzene rings is 2. The predicted molar refractivity (Wildman–Crippen MR) is 159 cm³/mol. The van der Waals surface area contributed by atoms with Crippen molar-refractivity contribution in [3.05, 3.63) is 89.3 Å². The summed E-state index contributed by atoms with van der Waals surface area (Å²) in [6.45, 7) is 6.71. The number of fused-ring (bicyclic) bond motifs is 3. The predicted octanol–water partition coefficient (Wildman–Crippen LogP) is 5.15. The van der Waals surface area contributed by atoms with Crippen molar-refractivity contribution < 1.29 is 14.4 Å². The van der Waals surface area contributed by atoms with E-state index in [0.717, 1.165) is 22.0 Å². The normalized spacial score (nSPS) is 19.0. The van der Waals surface area contributed by atoms with Crippen LogP contribution >= 0.6 is 11.6 Å². The van der Waals surface area contributed by atoms with Gasteiger partial charge in [0.1, 0.15) is 17.4 Å². The van der Waals surface area contributed by atoms with Gasteiger partial charge in [0.2, 0.25) is 5.91 Å². The smallest absolute Gasteiger partial charge is 0.272 e. The molecular formula is C32H32ClN5O3. The molecule has 4 aromatic rings. The number of nitrogens with zero attached hydrogens (tertiary/aromatic N) is 3. The zero-order valence-electron chi connectivity index (χ0n) is 23.2.